The number of alkyl halides is 3. The third-order valence-electron chi connectivity index (χ3n) is 3.27. The van der Waals surface area contributed by atoms with E-state index in [-0.39, 0.29) is 11.1 Å². The van der Waals surface area contributed by atoms with Crippen LogP contribution in [0.3, 0.4) is 0 Å². The number of carbonyl (C=O) groups is 1. The van der Waals surface area contributed by atoms with E-state index in [2.05, 4.69) is 9.97 Å². The summed E-state index contributed by atoms with van der Waals surface area (Å²) in [6, 6.07) is 5.00. The highest BCUT2D eigenvalue weighted by Crippen LogP contribution is 2.38. The minimum atomic E-state index is -4.57. The smallest absolute Gasteiger partial charge is 0.416 e. The highest BCUT2D eigenvalue weighted by atomic mass is 19.4. The van der Waals surface area contributed by atoms with Crippen molar-refractivity contribution in [2.45, 2.75) is 33.1 Å². The second-order valence-corrected chi connectivity index (χ2v) is 6.29. The maximum absolute atomic E-state index is 13.3. The lowest BCUT2D eigenvalue weighted by Gasteiger charge is -2.25. The molecule has 0 aliphatic heterocycles. The van der Waals surface area contributed by atoms with Crippen molar-refractivity contribution in [2.24, 2.45) is 5.41 Å². The Kier molecular flexibility index (Phi) is 4.91. The van der Waals surface area contributed by atoms with E-state index < -0.39 is 29.2 Å². The van der Waals surface area contributed by atoms with Crippen LogP contribution in [0.4, 0.5) is 13.2 Å². The molecule has 0 aliphatic carbocycles. The van der Waals surface area contributed by atoms with Crippen LogP contribution in [0.15, 0.2) is 43.0 Å². The Labute approximate surface area is 137 Å². The standard InChI is InChI=1S/C17H17F3N2O2/c1-16(2,3)15(23)24-14(11-8-21-10-22-9-11)12-6-4-5-7-13(12)17(18,19)20/h4-10,14H,1-3H3. The van der Waals surface area contributed by atoms with Crippen molar-refractivity contribution in [2.75, 3.05) is 0 Å². The zero-order chi connectivity index (χ0) is 18.0. The van der Waals surface area contributed by atoms with Crippen LogP contribution in [-0.2, 0) is 15.7 Å². The molecule has 0 amide bonds. The van der Waals surface area contributed by atoms with Gasteiger partial charge in [-0.1, -0.05) is 18.2 Å². The summed E-state index contributed by atoms with van der Waals surface area (Å²) in [4.78, 5) is 19.9. The molecule has 0 fully saturated rings. The van der Waals surface area contributed by atoms with Crippen molar-refractivity contribution in [3.8, 4) is 0 Å². The molecule has 0 aliphatic rings. The van der Waals surface area contributed by atoms with Crippen molar-refractivity contribution >= 4 is 5.97 Å². The molecule has 24 heavy (non-hydrogen) atoms. The van der Waals surface area contributed by atoms with Gasteiger partial charge in [0.1, 0.15) is 6.33 Å². The van der Waals surface area contributed by atoms with Crippen LogP contribution >= 0.6 is 0 Å². The number of rotatable bonds is 3. The van der Waals surface area contributed by atoms with E-state index in [1.807, 2.05) is 0 Å². The van der Waals surface area contributed by atoms with Crippen molar-refractivity contribution < 1.29 is 22.7 Å². The maximum Gasteiger partial charge on any atom is 0.416 e. The number of halogens is 3. The van der Waals surface area contributed by atoms with E-state index in [1.165, 1.54) is 36.9 Å². The molecular weight excluding hydrogens is 321 g/mol. The molecule has 0 N–H and O–H groups in total. The van der Waals surface area contributed by atoms with Crippen LogP contribution in [-0.4, -0.2) is 15.9 Å². The first-order valence-electron chi connectivity index (χ1n) is 7.23. The lowest BCUT2D eigenvalue weighted by molar-refractivity contribution is -0.158. The van der Waals surface area contributed by atoms with Gasteiger partial charge in [-0.3, -0.25) is 4.79 Å². The zero-order valence-electron chi connectivity index (χ0n) is 13.5. The Morgan fingerprint density at radius 1 is 1.08 bits per heavy atom. The van der Waals surface area contributed by atoms with Crippen LogP contribution in [0.2, 0.25) is 0 Å². The minimum absolute atomic E-state index is 0.155. The molecule has 2 aromatic rings. The Morgan fingerprint density at radius 3 is 2.21 bits per heavy atom. The van der Waals surface area contributed by atoms with Gasteiger partial charge in [-0.2, -0.15) is 13.2 Å². The maximum atomic E-state index is 13.3. The van der Waals surface area contributed by atoms with Gasteiger partial charge in [-0.05, 0) is 26.8 Å². The lowest BCUT2D eigenvalue weighted by atomic mass is 9.95. The van der Waals surface area contributed by atoms with Crippen LogP contribution in [0.25, 0.3) is 0 Å². The highest BCUT2D eigenvalue weighted by molar-refractivity contribution is 5.76. The summed E-state index contributed by atoms with van der Waals surface area (Å²) >= 11 is 0. The molecular formula is C17H17F3N2O2. The number of hydrogen-bond donors (Lipinski definition) is 0. The summed E-state index contributed by atoms with van der Waals surface area (Å²) < 4.78 is 45.4. The average molecular weight is 338 g/mol. The molecule has 1 atom stereocenters. The Morgan fingerprint density at radius 2 is 1.67 bits per heavy atom. The molecule has 0 radical (unpaired) electrons. The molecule has 2 rings (SSSR count). The van der Waals surface area contributed by atoms with Crippen LogP contribution in [0.1, 0.15) is 43.6 Å². The molecule has 4 nitrogen and oxygen atoms in total. The second-order valence-electron chi connectivity index (χ2n) is 6.29. The average Bonchev–Trinajstić information content (AvgIpc) is 2.51. The summed E-state index contributed by atoms with van der Waals surface area (Å²) in [7, 11) is 0. The summed E-state index contributed by atoms with van der Waals surface area (Å²) in [6.07, 6.45) is -1.89. The van der Waals surface area contributed by atoms with Gasteiger partial charge < -0.3 is 4.74 Å². The summed E-state index contributed by atoms with van der Waals surface area (Å²) in [5.74, 6) is -0.617. The zero-order valence-corrected chi connectivity index (χ0v) is 13.5. The first-order valence-corrected chi connectivity index (χ1v) is 7.23. The Hall–Kier alpha value is -2.44. The van der Waals surface area contributed by atoms with Crippen molar-refractivity contribution in [1.29, 1.82) is 0 Å². The molecule has 0 spiro atoms. The molecule has 128 valence electrons. The topological polar surface area (TPSA) is 52.1 Å². The number of carbonyl (C=O) groups excluding carboxylic acids is 1. The van der Waals surface area contributed by atoms with Crippen molar-refractivity contribution in [1.82, 2.24) is 9.97 Å². The number of aromatic nitrogens is 2. The van der Waals surface area contributed by atoms with Crippen LogP contribution < -0.4 is 0 Å². The monoisotopic (exact) mass is 338 g/mol. The number of hydrogen-bond acceptors (Lipinski definition) is 4. The summed E-state index contributed by atoms with van der Waals surface area (Å²) in [6.45, 7) is 4.89. The van der Waals surface area contributed by atoms with Gasteiger partial charge in [-0.15, -0.1) is 0 Å². The predicted octanol–water partition coefficient (Wildman–Crippen LogP) is 4.17. The van der Waals surface area contributed by atoms with E-state index >= 15 is 0 Å². The molecule has 7 heteroatoms. The normalized spacial score (nSPS) is 13.4. The second kappa shape index (κ2) is 6.59. The predicted molar refractivity (Wildman–Crippen MR) is 80.9 cm³/mol. The van der Waals surface area contributed by atoms with Gasteiger partial charge in [0, 0.05) is 23.5 Å². The number of benzene rings is 1. The molecule has 0 bridgehead atoms. The highest BCUT2D eigenvalue weighted by Gasteiger charge is 2.37. The van der Waals surface area contributed by atoms with Gasteiger partial charge >= 0.3 is 12.1 Å². The largest absolute Gasteiger partial charge is 0.452 e. The van der Waals surface area contributed by atoms with Gasteiger partial charge in [0.2, 0.25) is 0 Å². The Bertz CT molecular complexity index is 710. The van der Waals surface area contributed by atoms with Gasteiger partial charge in [0.25, 0.3) is 0 Å². The molecule has 1 heterocycles. The van der Waals surface area contributed by atoms with Gasteiger partial charge in [0.15, 0.2) is 6.10 Å². The van der Waals surface area contributed by atoms with E-state index in [4.69, 9.17) is 4.74 Å². The minimum Gasteiger partial charge on any atom is -0.452 e. The first-order chi connectivity index (χ1) is 11.1. The van der Waals surface area contributed by atoms with E-state index in [1.54, 1.807) is 20.8 Å². The van der Waals surface area contributed by atoms with Crippen LogP contribution in [0, 0.1) is 5.41 Å². The first kappa shape index (κ1) is 17.9. The molecule has 1 unspecified atom stereocenters. The van der Waals surface area contributed by atoms with E-state index in [0.717, 1.165) is 6.07 Å². The quantitative estimate of drug-likeness (QED) is 0.788. The van der Waals surface area contributed by atoms with Crippen LogP contribution in [0.5, 0.6) is 0 Å². The molecule has 1 aromatic heterocycles. The molecule has 0 saturated carbocycles. The fourth-order valence-electron chi connectivity index (χ4n) is 2.02. The molecule has 0 saturated heterocycles. The van der Waals surface area contributed by atoms with E-state index in [0.29, 0.717) is 0 Å². The summed E-state index contributed by atoms with van der Waals surface area (Å²) in [5.41, 5.74) is -1.61. The number of ether oxygens (including phenoxy) is 1. The fraction of sp³-hybridized carbons (Fsp3) is 0.353. The molecule has 1 aromatic carbocycles. The SMILES string of the molecule is CC(C)(C)C(=O)OC(c1cncnc1)c1ccccc1C(F)(F)F. The van der Waals surface area contributed by atoms with Crippen molar-refractivity contribution in [3.63, 3.8) is 0 Å². The number of esters is 1. The summed E-state index contributed by atoms with van der Waals surface area (Å²) in [5, 5.41) is 0. The van der Waals surface area contributed by atoms with E-state index in [9.17, 15) is 18.0 Å². The number of nitrogens with zero attached hydrogens (tertiary/aromatic N) is 2. The van der Waals surface area contributed by atoms with Gasteiger partial charge in [-0.25, -0.2) is 9.97 Å². The lowest BCUT2D eigenvalue weighted by Crippen LogP contribution is -2.26. The van der Waals surface area contributed by atoms with Crippen molar-refractivity contribution in [3.05, 3.63) is 59.7 Å². The third kappa shape index (κ3) is 4.10. The third-order valence-corrected chi connectivity index (χ3v) is 3.27. The van der Waals surface area contributed by atoms with Gasteiger partial charge in [0.05, 0.1) is 11.0 Å². The fourth-order valence-corrected chi connectivity index (χ4v) is 2.02. The Balaban J connectivity index is 2.54.